The number of amides is 1. The summed E-state index contributed by atoms with van der Waals surface area (Å²) in [4.78, 5) is 22.9. The second-order valence-electron chi connectivity index (χ2n) is 4.91. The van der Waals surface area contributed by atoms with Crippen LogP contribution in [0, 0.1) is 0 Å². The number of halogens is 1. The molecule has 23 heavy (non-hydrogen) atoms. The fourth-order valence-electron chi connectivity index (χ4n) is 2.08. The number of ether oxygens (including phenoxy) is 1. The molecule has 0 saturated heterocycles. The van der Waals surface area contributed by atoms with E-state index in [4.69, 9.17) is 21.4 Å². The van der Waals surface area contributed by atoms with Gasteiger partial charge in [0.25, 0.3) is 5.91 Å². The summed E-state index contributed by atoms with van der Waals surface area (Å²) in [7, 11) is 1.49. The summed E-state index contributed by atoms with van der Waals surface area (Å²) in [6.45, 7) is 0.321. The lowest BCUT2D eigenvalue weighted by molar-refractivity contribution is -0.136. The van der Waals surface area contributed by atoms with Gasteiger partial charge in [-0.3, -0.25) is 9.59 Å². The molecule has 0 radical (unpaired) electrons. The van der Waals surface area contributed by atoms with Crippen LogP contribution in [0.3, 0.4) is 0 Å². The lowest BCUT2D eigenvalue weighted by Gasteiger charge is -2.10. The Labute approximate surface area is 138 Å². The minimum Gasteiger partial charge on any atom is -0.496 e. The summed E-state index contributed by atoms with van der Waals surface area (Å²) in [6.07, 6.45) is -0.0215. The first kappa shape index (κ1) is 16.8. The average molecular weight is 334 g/mol. The van der Waals surface area contributed by atoms with Crippen LogP contribution in [0.15, 0.2) is 42.5 Å². The summed E-state index contributed by atoms with van der Waals surface area (Å²) in [5, 5.41) is 12.0. The van der Waals surface area contributed by atoms with Gasteiger partial charge in [0.15, 0.2) is 0 Å². The van der Waals surface area contributed by atoms with E-state index >= 15 is 0 Å². The molecule has 2 N–H and O–H groups in total. The van der Waals surface area contributed by atoms with E-state index in [1.807, 2.05) is 0 Å². The van der Waals surface area contributed by atoms with Gasteiger partial charge in [0.1, 0.15) is 5.75 Å². The molecule has 0 aliphatic carbocycles. The number of hydrogen-bond acceptors (Lipinski definition) is 3. The zero-order valence-electron chi connectivity index (χ0n) is 12.5. The summed E-state index contributed by atoms with van der Waals surface area (Å²) < 4.78 is 5.15. The fourth-order valence-corrected chi connectivity index (χ4v) is 2.26. The van der Waals surface area contributed by atoms with Gasteiger partial charge in [-0.25, -0.2) is 0 Å². The SMILES string of the molecule is COc1ccc(Cl)cc1C(=O)NCc1ccc(CC(=O)O)cc1. The smallest absolute Gasteiger partial charge is 0.307 e. The predicted molar refractivity (Wildman–Crippen MR) is 87.0 cm³/mol. The van der Waals surface area contributed by atoms with Crippen molar-refractivity contribution >= 4 is 23.5 Å². The number of carboxylic acids is 1. The Morgan fingerprint density at radius 1 is 1.13 bits per heavy atom. The number of benzene rings is 2. The first-order valence-electron chi connectivity index (χ1n) is 6.91. The van der Waals surface area contributed by atoms with E-state index in [2.05, 4.69) is 5.32 Å². The Balaban J connectivity index is 2.02. The van der Waals surface area contributed by atoms with E-state index in [0.717, 1.165) is 5.56 Å². The van der Waals surface area contributed by atoms with Crippen LogP contribution in [0.2, 0.25) is 5.02 Å². The zero-order valence-corrected chi connectivity index (χ0v) is 13.3. The van der Waals surface area contributed by atoms with Crippen LogP contribution in [0.25, 0.3) is 0 Å². The lowest BCUT2D eigenvalue weighted by atomic mass is 10.1. The van der Waals surface area contributed by atoms with Crippen LogP contribution < -0.4 is 10.1 Å². The summed E-state index contributed by atoms with van der Waals surface area (Å²) in [5.41, 5.74) is 1.94. The van der Waals surface area contributed by atoms with Gasteiger partial charge >= 0.3 is 5.97 Å². The highest BCUT2D eigenvalue weighted by atomic mass is 35.5. The molecule has 6 heteroatoms. The van der Waals surface area contributed by atoms with Crippen molar-refractivity contribution in [2.24, 2.45) is 0 Å². The molecular formula is C17H16ClNO4. The maximum absolute atomic E-state index is 12.2. The third kappa shape index (κ3) is 4.72. The molecule has 0 fully saturated rings. The second kappa shape index (κ2) is 7.65. The van der Waals surface area contributed by atoms with Crippen LogP contribution in [-0.2, 0) is 17.8 Å². The van der Waals surface area contributed by atoms with Gasteiger partial charge in [0.05, 0.1) is 19.1 Å². The van der Waals surface area contributed by atoms with Crippen molar-refractivity contribution in [1.82, 2.24) is 5.32 Å². The van der Waals surface area contributed by atoms with Gasteiger partial charge in [0, 0.05) is 11.6 Å². The zero-order chi connectivity index (χ0) is 16.8. The molecule has 0 saturated carbocycles. The van der Waals surface area contributed by atoms with Crippen molar-refractivity contribution in [3.8, 4) is 5.75 Å². The first-order valence-corrected chi connectivity index (χ1v) is 7.28. The first-order chi connectivity index (χ1) is 11.0. The number of rotatable bonds is 6. The van der Waals surface area contributed by atoms with E-state index in [0.29, 0.717) is 28.4 Å². The van der Waals surface area contributed by atoms with E-state index < -0.39 is 5.97 Å². The van der Waals surface area contributed by atoms with Gasteiger partial charge in [-0.1, -0.05) is 35.9 Å². The number of hydrogen-bond donors (Lipinski definition) is 2. The molecule has 0 aliphatic heterocycles. The molecule has 1 amide bonds. The van der Waals surface area contributed by atoms with Crippen molar-refractivity contribution in [3.05, 3.63) is 64.2 Å². The molecule has 2 aromatic rings. The Morgan fingerprint density at radius 3 is 2.39 bits per heavy atom. The number of carbonyl (C=O) groups excluding carboxylic acids is 1. The average Bonchev–Trinajstić information content (AvgIpc) is 2.53. The number of carboxylic acid groups (broad SMARTS) is 1. The largest absolute Gasteiger partial charge is 0.496 e. The van der Waals surface area contributed by atoms with E-state index in [-0.39, 0.29) is 12.3 Å². The topological polar surface area (TPSA) is 75.6 Å². The molecule has 0 atom stereocenters. The van der Waals surface area contributed by atoms with E-state index in [9.17, 15) is 9.59 Å². The van der Waals surface area contributed by atoms with Crippen molar-refractivity contribution in [2.75, 3.05) is 7.11 Å². The third-order valence-electron chi connectivity index (χ3n) is 3.24. The van der Waals surface area contributed by atoms with Crippen LogP contribution >= 0.6 is 11.6 Å². The van der Waals surface area contributed by atoms with Gasteiger partial charge in [0.2, 0.25) is 0 Å². The van der Waals surface area contributed by atoms with Crippen LogP contribution in [0.4, 0.5) is 0 Å². The fraction of sp³-hybridized carbons (Fsp3) is 0.176. The monoisotopic (exact) mass is 333 g/mol. The summed E-state index contributed by atoms with van der Waals surface area (Å²) >= 11 is 5.91. The molecule has 0 unspecified atom stereocenters. The molecule has 0 heterocycles. The number of methoxy groups -OCH3 is 1. The predicted octanol–water partition coefficient (Wildman–Crippen LogP) is 2.91. The molecule has 0 aromatic heterocycles. The molecule has 2 rings (SSSR count). The molecular weight excluding hydrogens is 318 g/mol. The molecule has 2 aromatic carbocycles. The van der Waals surface area contributed by atoms with Gasteiger partial charge in [-0.05, 0) is 29.3 Å². The number of aliphatic carboxylic acids is 1. The second-order valence-corrected chi connectivity index (χ2v) is 5.35. The molecule has 0 aliphatic rings. The van der Waals surface area contributed by atoms with Gasteiger partial charge in [-0.15, -0.1) is 0 Å². The van der Waals surface area contributed by atoms with Crippen molar-refractivity contribution in [3.63, 3.8) is 0 Å². The summed E-state index contributed by atoms with van der Waals surface area (Å²) in [5.74, 6) is -0.721. The van der Waals surface area contributed by atoms with Gasteiger partial charge < -0.3 is 15.2 Å². The number of nitrogens with one attached hydrogen (secondary N) is 1. The third-order valence-corrected chi connectivity index (χ3v) is 3.47. The van der Waals surface area contributed by atoms with Crippen LogP contribution in [0.1, 0.15) is 21.5 Å². The lowest BCUT2D eigenvalue weighted by Crippen LogP contribution is -2.23. The highest BCUT2D eigenvalue weighted by Gasteiger charge is 2.12. The molecule has 120 valence electrons. The summed E-state index contributed by atoms with van der Waals surface area (Å²) in [6, 6.07) is 11.9. The normalized spacial score (nSPS) is 10.2. The van der Waals surface area contributed by atoms with Crippen molar-refractivity contribution in [2.45, 2.75) is 13.0 Å². The van der Waals surface area contributed by atoms with E-state index in [1.165, 1.54) is 7.11 Å². The van der Waals surface area contributed by atoms with Crippen LogP contribution in [-0.4, -0.2) is 24.1 Å². The minimum atomic E-state index is -0.876. The van der Waals surface area contributed by atoms with Gasteiger partial charge in [-0.2, -0.15) is 0 Å². The highest BCUT2D eigenvalue weighted by molar-refractivity contribution is 6.31. The minimum absolute atomic E-state index is 0.0215. The Morgan fingerprint density at radius 2 is 1.78 bits per heavy atom. The van der Waals surface area contributed by atoms with Crippen molar-refractivity contribution in [1.29, 1.82) is 0 Å². The maximum atomic E-state index is 12.2. The van der Waals surface area contributed by atoms with Crippen molar-refractivity contribution < 1.29 is 19.4 Å². The van der Waals surface area contributed by atoms with Crippen LogP contribution in [0.5, 0.6) is 5.75 Å². The standard InChI is InChI=1S/C17H16ClNO4/c1-23-15-7-6-13(18)9-14(15)17(22)19-10-12-4-2-11(3-5-12)8-16(20)21/h2-7,9H,8,10H2,1H3,(H,19,22)(H,20,21). The Hall–Kier alpha value is -2.53. The maximum Gasteiger partial charge on any atom is 0.307 e. The molecule has 5 nitrogen and oxygen atoms in total. The molecule has 0 bridgehead atoms. The molecule has 0 spiro atoms. The quantitative estimate of drug-likeness (QED) is 0.852. The Bertz CT molecular complexity index is 713. The number of carbonyl (C=O) groups is 2. The highest BCUT2D eigenvalue weighted by Crippen LogP contribution is 2.22. The van der Waals surface area contributed by atoms with E-state index in [1.54, 1.807) is 42.5 Å². The Kier molecular flexibility index (Phi) is 5.60.